The Hall–Kier alpha value is -1.84. The van der Waals surface area contributed by atoms with Gasteiger partial charge in [-0.3, -0.25) is 11.3 Å². The highest BCUT2D eigenvalue weighted by molar-refractivity contribution is 5.31. The first-order valence-corrected chi connectivity index (χ1v) is 7.22. The minimum Gasteiger partial charge on any atom is -0.497 e. The Morgan fingerprint density at radius 3 is 2.43 bits per heavy atom. The van der Waals surface area contributed by atoms with Crippen molar-refractivity contribution in [2.45, 2.75) is 31.7 Å². The lowest BCUT2D eigenvalue weighted by atomic mass is 9.75. The molecule has 0 spiro atoms. The Balaban J connectivity index is 2.22. The number of hydrogen-bond acceptors (Lipinski definition) is 3. The normalized spacial score (nSPS) is 13.0. The molecular weight excluding hydrogens is 260 g/mol. The van der Waals surface area contributed by atoms with E-state index in [2.05, 4.69) is 55.7 Å². The van der Waals surface area contributed by atoms with Gasteiger partial charge < -0.3 is 4.74 Å². The number of ether oxygens (including phenoxy) is 1. The maximum absolute atomic E-state index is 5.83. The van der Waals surface area contributed by atoms with E-state index < -0.39 is 0 Å². The van der Waals surface area contributed by atoms with E-state index in [1.165, 1.54) is 11.1 Å². The first-order chi connectivity index (χ1) is 10.1. The average molecular weight is 284 g/mol. The van der Waals surface area contributed by atoms with Crippen LogP contribution in [0.4, 0.5) is 0 Å². The summed E-state index contributed by atoms with van der Waals surface area (Å²) in [6.45, 7) is 4.43. The SMILES string of the molecule is COc1cccc(CC(NN)C(C)(C)c2ccccc2)c1. The van der Waals surface area contributed by atoms with Gasteiger partial charge in [0.2, 0.25) is 0 Å². The highest BCUT2D eigenvalue weighted by Crippen LogP contribution is 2.29. The Morgan fingerprint density at radius 2 is 1.81 bits per heavy atom. The molecule has 2 aromatic carbocycles. The molecule has 0 aromatic heterocycles. The van der Waals surface area contributed by atoms with Crippen LogP contribution >= 0.6 is 0 Å². The van der Waals surface area contributed by atoms with Gasteiger partial charge in [0, 0.05) is 11.5 Å². The van der Waals surface area contributed by atoms with E-state index in [4.69, 9.17) is 10.6 Å². The van der Waals surface area contributed by atoms with Crippen LogP contribution in [0.5, 0.6) is 5.75 Å². The number of methoxy groups -OCH3 is 1. The molecule has 0 amide bonds. The van der Waals surface area contributed by atoms with Gasteiger partial charge in [-0.15, -0.1) is 0 Å². The van der Waals surface area contributed by atoms with Crippen molar-refractivity contribution in [3.63, 3.8) is 0 Å². The summed E-state index contributed by atoms with van der Waals surface area (Å²) in [5.74, 6) is 6.71. The van der Waals surface area contributed by atoms with Gasteiger partial charge in [-0.2, -0.15) is 0 Å². The van der Waals surface area contributed by atoms with Gasteiger partial charge in [-0.1, -0.05) is 56.3 Å². The number of benzene rings is 2. The molecule has 3 heteroatoms. The number of hydrogen-bond donors (Lipinski definition) is 2. The van der Waals surface area contributed by atoms with Crippen LogP contribution in [-0.4, -0.2) is 13.2 Å². The van der Waals surface area contributed by atoms with Crippen LogP contribution in [0.3, 0.4) is 0 Å². The van der Waals surface area contributed by atoms with Crippen molar-refractivity contribution in [3.8, 4) is 5.75 Å². The summed E-state index contributed by atoms with van der Waals surface area (Å²) < 4.78 is 5.29. The van der Waals surface area contributed by atoms with Crippen LogP contribution in [0.1, 0.15) is 25.0 Å². The molecular formula is C18H24N2O. The smallest absolute Gasteiger partial charge is 0.119 e. The number of nitrogens with one attached hydrogen (secondary N) is 1. The minimum absolute atomic E-state index is 0.0704. The number of nitrogens with two attached hydrogens (primary N) is 1. The second-order valence-corrected chi connectivity index (χ2v) is 5.86. The maximum atomic E-state index is 5.83. The zero-order chi connectivity index (χ0) is 15.3. The highest BCUT2D eigenvalue weighted by atomic mass is 16.5. The van der Waals surface area contributed by atoms with Gasteiger partial charge in [0.05, 0.1) is 7.11 Å². The zero-order valence-corrected chi connectivity index (χ0v) is 13.0. The predicted molar refractivity (Wildman–Crippen MR) is 87.3 cm³/mol. The van der Waals surface area contributed by atoms with E-state index in [0.717, 1.165) is 12.2 Å². The molecule has 0 aliphatic heterocycles. The Kier molecular flexibility index (Phi) is 4.99. The fraction of sp³-hybridized carbons (Fsp3) is 0.333. The summed E-state index contributed by atoms with van der Waals surface area (Å²) in [7, 11) is 1.69. The topological polar surface area (TPSA) is 47.3 Å². The van der Waals surface area contributed by atoms with E-state index in [9.17, 15) is 0 Å². The lowest BCUT2D eigenvalue weighted by Crippen LogP contribution is -2.49. The van der Waals surface area contributed by atoms with E-state index in [1.807, 2.05) is 18.2 Å². The summed E-state index contributed by atoms with van der Waals surface area (Å²) in [6.07, 6.45) is 0.843. The zero-order valence-electron chi connectivity index (χ0n) is 13.0. The van der Waals surface area contributed by atoms with Crippen LogP contribution in [-0.2, 0) is 11.8 Å². The van der Waals surface area contributed by atoms with Crippen LogP contribution in [0.2, 0.25) is 0 Å². The van der Waals surface area contributed by atoms with E-state index in [0.29, 0.717) is 0 Å². The van der Waals surface area contributed by atoms with Crippen LogP contribution in [0, 0.1) is 0 Å². The summed E-state index contributed by atoms with van der Waals surface area (Å²) in [5, 5.41) is 0. The third kappa shape index (κ3) is 3.63. The standard InChI is InChI=1S/C18H24N2O/c1-18(2,15-9-5-4-6-10-15)17(20-19)13-14-8-7-11-16(12-14)21-3/h4-12,17,20H,13,19H2,1-3H3. The second-order valence-electron chi connectivity index (χ2n) is 5.86. The van der Waals surface area contributed by atoms with E-state index >= 15 is 0 Å². The molecule has 1 atom stereocenters. The van der Waals surface area contributed by atoms with Crippen LogP contribution < -0.4 is 16.0 Å². The van der Waals surface area contributed by atoms with Crippen molar-refractivity contribution in [2.75, 3.05) is 7.11 Å². The van der Waals surface area contributed by atoms with E-state index in [-0.39, 0.29) is 11.5 Å². The Bertz CT molecular complexity index is 566. The van der Waals surface area contributed by atoms with Crippen molar-refractivity contribution in [1.82, 2.24) is 5.43 Å². The van der Waals surface area contributed by atoms with Crippen molar-refractivity contribution < 1.29 is 4.74 Å². The third-order valence-electron chi connectivity index (χ3n) is 4.16. The van der Waals surface area contributed by atoms with Crippen molar-refractivity contribution in [1.29, 1.82) is 0 Å². The molecule has 2 rings (SSSR count). The van der Waals surface area contributed by atoms with Gasteiger partial charge in [0.15, 0.2) is 0 Å². The van der Waals surface area contributed by atoms with Crippen molar-refractivity contribution in [2.24, 2.45) is 5.84 Å². The fourth-order valence-corrected chi connectivity index (χ4v) is 2.63. The first kappa shape index (κ1) is 15.5. The molecule has 0 saturated heterocycles. The van der Waals surface area contributed by atoms with Gasteiger partial charge in [-0.25, -0.2) is 0 Å². The number of rotatable bonds is 6. The Labute approximate surface area is 127 Å². The second kappa shape index (κ2) is 6.74. The first-order valence-electron chi connectivity index (χ1n) is 7.22. The molecule has 0 bridgehead atoms. The molecule has 0 aliphatic carbocycles. The molecule has 3 N–H and O–H groups in total. The van der Waals surface area contributed by atoms with Crippen molar-refractivity contribution in [3.05, 3.63) is 65.7 Å². The molecule has 0 heterocycles. The molecule has 112 valence electrons. The van der Waals surface area contributed by atoms with Gasteiger partial charge in [0.1, 0.15) is 5.75 Å². The molecule has 0 aliphatic rings. The maximum Gasteiger partial charge on any atom is 0.119 e. The largest absolute Gasteiger partial charge is 0.497 e. The van der Waals surface area contributed by atoms with Gasteiger partial charge in [0.25, 0.3) is 0 Å². The van der Waals surface area contributed by atoms with Crippen LogP contribution in [0.15, 0.2) is 54.6 Å². The molecule has 21 heavy (non-hydrogen) atoms. The third-order valence-corrected chi connectivity index (χ3v) is 4.16. The summed E-state index contributed by atoms with van der Waals surface area (Å²) in [4.78, 5) is 0. The molecule has 0 saturated carbocycles. The fourth-order valence-electron chi connectivity index (χ4n) is 2.63. The average Bonchev–Trinajstić information content (AvgIpc) is 2.53. The molecule has 1 unspecified atom stereocenters. The summed E-state index contributed by atoms with van der Waals surface area (Å²) in [6, 6.07) is 18.7. The highest BCUT2D eigenvalue weighted by Gasteiger charge is 2.30. The molecule has 3 nitrogen and oxygen atoms in total. The molecule has 2 aromatic rings. The van der Waals surface area contributed by atoms with Crippen molar-refractivity contribution >= 4 is 0 Å². The van der Waals surface area contributed by atoms with Gasteiger partial charge >= 0.3 is 0 Å². The number of hydrazine groups is 1. The van der Waals surface area contributed by atoms with Crippen LogP contribution in [0.25, 0.3) is 0 Å². The predicted octanol–water partition coefficient (Wildman–Crippen LogP) is 3.05. The summed E-state index contributed by atoms with van der Waals surface area (Å²) >= 11 is 0. The Morgan fingerprint density at radius 1 is 1.10 bits per heavy atom. The lowest BCUT2D eigenvalue weighted by Gasteiger charge is -2.34. The molecule has 0 radical (unpaired) electrons. The minimum atomic E-state index is -0.0704. The monoisotopic (exact) mass is 284 g/mol. The van der Waals surface area contributed by atoms with E-state index in [1.54, 1.807) is 7.11 Å². The lowest BCUT2D eigenvalue weighted by molar-refractivity contribution is 0.341. The van der Waals surface area contributed by atoms with Gasteiger partial charge in [-0.05, 0) is 29.7 Å². The quantitative estimate of drug-likeness (QED) is 0.633. The summed E-state index contributed by atoms with van der Waals surface area (Å²) in [5.41, 5.74) is 5.40. The molecule has 0 fully saturated rings.